The fraction of sp³-hybridized carbons (Fsp3) is 0.125. The summed E-state index contributed by atoms with van der Waals surface area (Å²) < 4.78 is 8.81. The Morgan fingerprint density at radius 1 is 1.26 bits per heavy atom. The molecule has 0 atom stereocenters. The standard InChI is InChI=1S/C16H13ClN2OS3/c1-20-14-8-7-12(17)9-11(14)10-22-15-18-19(16(21)23-15)13-5-3-2-4-6-13/h2-9H,10H2,1H3. The predicted octanol–water partition coefficient (Wildman–Crippen LogP) is 5.62. The lowest BCUT2D eigenvalue weighted by atomic mass is 10.2. The maximum Gasteiger partial charge on any atom is 0.184 e. The summed E-state index contributed by atoms with van der Waals surface area (Å²) in [5, 5.41) is 5.29. The van der Waals surface area contributed by atoms with Crippen LogP contribution in [0.2, 0.25) is 5.02 Å². The number of hydrogen-bond acceptors (Lipinski definition) is 5. The van der Waals surface area contributed by atoms with Crippen molar-refractivity contribution in [2.24, 2.45) is 0 Å². The third kappa shape index (κ3) is 3.95. The molecule has 1 heterocycles. The Morgan fingerprint density at radius 2 is 2.04 bits per heavy atom. The minimum atomic E-state index is 0.698. The topological polar surface area (TPSA) is 27.1 Å². The number of aromatic nitrogens is 2. The van der Waals surface area contributed by atoms with E-state index >= 15 is 0 Å². The zero-order chi connectivity index (χ0) is 16.2. The Balaban J connectivity index is 1.80. The molecule has 3 rings (SSSR count). The van der Waals surface area contributed by atoms with Gasteiger partial charge in [-0.3, -0.25) is 0 Å². The minimum Gasteiger partial charge on any atom is -0.496 e. The monoisotopic (exact) mass is 380 g/mol. The van der Waals surface area contributed by atoms with Crippen LogP contribution in [0.5, 0.6) is 5.75 Å². The molecule has 0 aliphatic carbocycles. The van der Waals surface area contributed by atoms with Crippen molar-refractivity contribution >= 4 is 46.9 Å². The fourth-order valence-corrected chi connectivity index (χ4v) is 4.58. The lowest BCUT2D eigenvalue weighted by Crippen LogP contribution is -1.95. The number of hydrogen-bond donors (Lipinski definition) is 0. The van der Waals surface area contributed by atoms with E-state index in [4.69, 9.17) is 28.6 Å². The molecule has 23 heavy (non-hydrogen) atoms. The summed E-state index contributed by atoms with van der Waals surface area (Å²) in [6.07, 6.45) is 0. The summed E-state index contributed by atoms with van der Waals surface area (Å²) in [5.74, 6) is 1.55. The number of methoxy groups -OCH3 is 1. The highest BCUT2D eigenvalue weighted by Crippen LogP contribution is 2.31. The van der Waals surface area contributed by atoms with E-state index in [0.29, 0.717) is 5.02 Å². The summed E-state index contributed by atoms with van der Waals surface area (Å²) in [5.41, 5.74) is 2.01. The smallest absolute Gasteiger partial charge is 0.184 e. The van der Waals surface area contributed by atoms with Crippen LogP contribution in [-0.4, -0.2) is 16.9 Å². The van der Waals surface area contributed by atoms with Crippen molar-refractivity contribution in [1.29, 1.82) is 0 Å². The number of para-hydroxylation sites is 1. The van der Waals surface area contributed by atoms with Crippen LogP contribution in [0.3, 0.4) is 0 Å². The van der Waals surface area contributed by atoms with Crippen molar-refractivity contribution in [1.82, 2.24) is 9.78 Å². The Bertz CT molecular complexity index is 861. The van der Waals surface area contributed by atoms with Crippen molar-refractivity contribution in [2.75, 3.05) is 7.11 Å². The van der Waals surface area contributed by atoms with Crippen molar-refractivity contribution < 1.29 is 4.74 Å². The number of benzene rings is 2. The SMILES string of the molecule is COc1ccc(Cl)cc1CSc1nn(-c2ccccc2)c(=S)s1. The quantitative estimate of drug-likeness (QED) is 0.424. The molecule has 0 unspecified atom stereocenters. The molecule has 0 aliphatic rings. The van der Waals surface area contributed by atoms with Gasteiger partial charge < -0.3 is 4.74 Å². The first-order valence-electron chi connectivity index (χ1n) is 6.78. The zero-order valence-corrected chi connectivity index (χ0v) is 15.4. The van der Waals surface area contributed by atoms with Crippen LogP contribution in [0, 0.1) is 3.95 Å². The number of thioether (sulfide) groups is 1. The van der Waals surface area contributed by atoms with Gasteiger partial charge in [-0.05, 0) is 42.5 Å². The van der Waals surface area contributed by atoms with Gasteiger partial charge in [0.25, 0.3) is 0 Å². The van der Waals surface area contributed by atoms with Gasteiger partial charge in [0.05, 0.1) is 12.8 Å². The largest absolute Gasteiger partial charge is 0.496 e. The van der Waals surface area contributed by atoms with Gasteiger partial charge in [0.2, 0.25) is 0 Å². The van der Waals surface area contributed by atoms with Crippen LogP contribution in [0.25, 0.3) is 5.69 Å². The summed E-state index contributed by atoms with van der Waals surface area (Å²) >= 11 is 14.6. The molecule has 0 saturated heterocycles. The average Bonchev–Trinajstić information content (AvgIpc) is 2.95. The second-order valence-electron chi connectivity index (χ2n) is 4.63. The maximum absolute atomic E-state index is 6.07. The highest BCUT2D eigenvalue weighted by molar-refractivity contribution is 8.00. The van der Waals surface area contributed by atoms with Gasteiger partial charge in [0.1, 0.15) is 5.75 Å². The van der Waals surface area contributed by atoms with E-state index in [1.807, 2.05) is 48.5 Å². The van der Waals surface area contributed by atoms with Crippen molar-refractivity contribution in [3.63, 3.8) is 0 Å². The van der Waals surface area contributed by atoms with Gasteiger partial charge >= 0.3 is 0 Å². The van der Waals surface area contributed by atoms with Crippen molar-refractivity contribution in [3.8, 4) is 11.4 Å². The molecule has 3 nitrogen and oxygen atoms in total. The van der Waals surface area contributed by atoms with E-state index in [-0.39, 0.29) is 0 Å². The second-order valence-corrected chi connectivity index (χ2v) is 7.91. The van der Waals surface area contributed by atoms with E-state index in [1.165, 1.54) is 11.3 Å². The molecule has 0 spiro atoms. The van der Waals surface area contributed by atoms with Gasteiger partial charge in [-0.2, -0.15) is 0 Å². The minimum absolute atomic E-state index is 0.698. The van der Waals surface area contributed by atoms with E-state index in [2.05, 4.69) is 5.10 Å². The van der Waals surface area contributed by atoms with E-state index in [9.17, 15) is 0 Å². The lowest BCUT2D eigenvalue weighted by Gasteiger charge is -2.07. The molecule has 0 fully saturated rings. The van der Waals surface area contributed by atoms with Crippen LogP contribution in [0.15, 0.2) is 52.9 Å². The Labute approximate surface area is 152 Å². The van der Waals surface area contributed by atoms with Crippen LogP contribution in [0.4, 0.5) is 0 Å². The third-order valence-corrected chi connectivity index (χ3v) is 5.77. The Hall–Kier alpha value is -1.34. The molecule has 1 aromatic heterocycles. The molecule has 0 saturated carbocycles. The van der Waals surface area contributed by atoms with Gasteiger partial charge in [0, 0.05) is 16.3 Å². The molecular formula is C16H13ClN2OS3. The molecular weight excluding hydrogens is 368 g/mol. The maximum atomic E-state index is 6.07. The van der Waals surface area contributed by atoms with Gasteiger partial charge in [-0.15, -0.1) is 5.10 Å². The summed E-state index contributed by atoms with van der Waals surface area (Å²) in [4.78, 5) is 0. The Morgan fingerprint density at radius 3 is 2.78 bits per heavy atom. The number of nitrogens with zero attached hydrogens (tertiary/aromatic N) is 2. The third-order valence-electron chi connectivity index (χ3n) is 3.12. The van der Waals surface area contributed by atoms with E-state index < -0.39 is 0 Å². The predicted molar refractivity (Wildman–Crippen MR) is 99.8 cm³/mol. The summed E-state index contributed by atoms with van der Waals surface area (Å²) in [7, 11) is 1.66. The first kappa shape index (κ1) is 16.5. The average molecular weight is 381 g/mol. The van der Waals surface area contributed by atoms with Gasteiger partial charge in [-0.25, -0.2) is 4.68 Å². The molecule has 3 aromatic rings. The normalized spacial score (nSPS) is 10.7. The van der Waals surface area contributed by atoms with Crippen LogP contribution in [-0.2, 0) is 5.75 Å². The number of halogens is 1. The highest BCUT2D eigenvalue weighted by Gasteiger charge is 2.09. The number of rotatable bonds is 5. The van der Waals surface area contributed by atoms with E-state index in [0.717, 1.165) is 31.0 Å². The molecule has 0 aliphatic heterocycles. The second kappa shape index (κ2) is 7.49. The fourth-order valence-electron chi connectivity index (χ4n) is 2.05. The summed E-state index contributed by atoms with van der Waals surface area (Å²) in [6, 6.07) is 15.5. The zero-order valence-electron chi connectivity index (χ0n) is 12.2. The van der Waals surface area contributed by atoms with Crippen molar-refractivity contribution in [3.05, 3.63) is 63.1 Å². The molecule has 118 valence electrons. The first-order valence-corrected chi connectivity index (χ1v) is 9.37. The van der Waals surface area contributed by atoms with Crippen LogP contribution < -0.4 is 4.74 Å². The number of ether oxygens (including phenoxy) is 1. The molecule has 0 amide bonds. The molecule has 0 N–H and O–H groups in total. The highest BCUT2D eigenvalue weighted by atomic mass is 35.5. The first-order chi connectivity index (χ1) is 11.2. The van der Waals surface area contributed by atoms with Crippen LogP contribution in [0.1, 0.15) is 5.56 Å². The van der Waals surface area contributed by atoms with E-state index in [1.54, 1.807) is 23.6 Å². The lowest BCUT2D eigenvalue weighted by molar-refractivity contribution is 0.411. The molecule has 7 heteroatoms. The van der Waals surface area contributed by atoms with Crippen LogP contribution >= 0.6 is 46.9 Å². The molecule has 0 bridgehead atoms. The summed E-state index contributed by atoms with van der Waals surface area (Å²) in [6.45, 7) is 0. The van der Waals surface area contributed by atoms with Gasteiger partial charge in [0.15, 0.2) is 8.29 Å². The molecule has 0 radical (unpaired) electrons. The van der Waals surface area contributed by atoms with Crippen molar-refractivity contribution in [2.45, 2.75) is 10.1 Å². The Kier molecular flexibility index (Phi) is 5.38. The van der Waals surface area contributed by atoms with Gasteiger partial charge in [-0.1, -0.05) is 52.9 Å². The molecule has 2 aromatic carbocycles.